The van der Waals surface area contributed by atoms with Crippen molar-refractivity contribution < 1.29 is 9.53 Å². The Morgan fingerprint density at radius 3 is 2.65 bits per heavy atom. The average molecular weight is 240 g/mol. The second kappa shape index (κ2) is 6.36. The molecule has 0 bridgehead atoms. The van der Waals surface area contributed by atoms with Gasteiger partial charge in [0.2, 0.25) is 5.91 Å². The Labute approximate surface area is 104 Å². The van der Waals surface area contributed by atoms with Crippen LogP contribution in [0.25, 0.3) is 0 Å². The van der Waals surface area contributed by atoms with Crippen molar-refractivity contribution in [3.8, 4) is 0 Å². The molecule has 1 amide bonds. The molecule has 1 aliphatic carbocycles. The summed E-state index contributed by atoms with van der Waals surface area (Å²) in [6.45, 7) is 3.60. The molecule has 4 nitrogen and oxygen atoms in total. The van der Waals surface area contributed by atoms with E-state index in [1.807, 2.05) is 11.9 Å². The van der Waals surface area contributed by atoms with Crippen molar-refractivity contribution in [2.75, 3.05) is 33.3 Å². The lowest BCUT2D eigenvalue weighted by Crippen LogP contribution is -2.34. The highest BCUT2D eigenvalue weighted by Crippen LogP contribution is 2.29. The summed E-state index contributed by atoms with van der Waals surface area (Å²) >= 11 is 0. The van der Waals surface area contributed by atoms with Gasteiger partial charge in [-0.05, 0) is 44.7 Å². The molecule has 2 rings (SSSR count). The van der Waals surface area contributed by atoms with Crippen LogP contribution in [0.3, 0.4) is 0 Å². The Balaban J connectivity index is 1.55. The van der Waals surface area contributed by atoms with Crippen molar-refractivity contribution in [2.45, 2.75) is 38.2 Å². The van der Waals surface area contributed by atoms with Gasteiger partial charge in [0.15, 0.2) is 0 Å². The molecular weight excluding hydrogens is 216 g/mol. The number of piperidine rings is 1. The highest BCUT2D eigenvalue weighted by molar-refractivity contribution is 5.75. The van der Waals surface area contributed by atoms with Crippen molar-refractivity contribution in [2.24, 2.45) is 5.92 Å². The molecule has 0 aromatic heterocycles. The van der Waals surface area contributed by atoms with E-state index in [2.05, 4.69) is 5.32 Å². The van der Waals surface area contributed by atoms with Gasteiger partial charge in [0.1, 0.15) is 0 Å². The molecule has 4 heteroatoms. The smallest absolute Gasteiger partial charge is 0.224 e. The van der Waals surface area contributed by atoms with Crippen molar-refractivity contribution in [3.05, 3.63) is 0 Å². The summed E-state index contributed by atoms with van der Waals surface area (Å²) in [5.41, 5.74) is 0. The van der Waals surface area contributed by atoms with Crippen molar-refractivity contribution in [1.29, 1.82) is 0 Å². The van der Waals surface area contributed by atoms with Crippen LogP contribution in [0.4, 0.5) is 0 Å². The molecule has 98 valence electrons. The lowest BCUT2D eigenvalue weighted by Gasteiger charge is -2.23. The first-order valence-corrected chi connectivity index (χ1v) is 6.82. The topological polar surface area (TPSA) is 41.6 Å². The minimum atomic E-state index is 0.228. The first kappa shape index (κ1) is 12.8. The number of nitrogens with zero attached hydrogens (tertiary/aromatic N) is 1. The SMILES string of the molecule is CN(CC1CC1)C(=O)CCOC1CCNCC1. The monoisotopic (exact) mass is 240 g/mol. The van der Waals surface area contributed by atoms with Gasteiger partial charge in [0.25, 0.3) is 0 Å². The third kappa shape index (κ3) is 4.64. The van der Waals surface area contributed by atoms with Gasteiger partial charge in [0.05, 0.1) is 19.1 Å². The fourth-order valence-corrected chi connectivity index (χ4v) is 2.26. The van der Waals surface area contributed by atoms with E-state index in [0.29, 0.717) is 19.1 Å². The molecule has 1 heterocycles. The molecule has 0 aromatic carbocycles. The summed E-state index contributed by atoms with van der Waals surface area (Å²) in [7, 11) is 1.91. The minimum absolute atomic E-state index is 0.228. The summed E-state index contributed by atoms with van der Waals surface area (Å²) in [4.78, 5) is 13.6. The van der Waals surface area contributed by atoms with Gasteiger partial charge in [-0.1, -0.05) is 0 Å². The van der Waals surface area contributed by atoms with E-state index in [1.165, 1.54) is 12.8 Å². The third-order valence-electron chi connectivity index (χ3n) is 3.61. The Hall–Kier alpha value is -0.610. The summed E-state index contributed by atoms with van der Waals surface area (Å²) in [5.74, 6) is 1.00. The minimum Gasteiger partial charge on any atom is -0.378 e. The van der Waals surface area contributed by atoms with Crippen LogP contribution in [0, 0.1) is 5.92 Å². The van der Waals surface area contributed by atoms with Crippen molar-refractivity contribution in [1.82, 2.24) is 10.2 Å². The summed E-state index contributed by atoms with van der Waals surface area (Å²) in [5, 5.41) is 3.31. The lowest BCUT2D eigenvalue weighted by atomic mass is 10.1. The molecule has 0 atom stereocenters. The highest BCUT2D eigenvalue weighted by atomic mass is 16.5. The zero-order valence-corrected chi connectivity index (χ0v) is 10.8. The number of carbonyl (C=O) groups is 1. The molecule has 0 spiro atoms. The number of hydrogen-bond acceptors (Lipinski definition) is 3. The first-order valence-electron chi connectivity index (χ1n) is 6.82. The van der Waals surface area contributed by atoms with Crippen LogP contribution in [0.2, 0.25) is 0 Å². The van der Waals surface area contributed by atoms with E-state index in [-0.39, 0.29) is 5.91 Å². The fraction of sp³-hybridized carbons (Fsp3) is 0.923. The summed E-state index contributed by atoms with van der Waals surface area (Å²) in [6.07, 6.45) is 5.63. The lowest BCUT2D eigenvalue weighted by molar-refractivity contribution is -0.131. The Kier molecular flexibility index (Phi) is 4.80. The second-order valence-corrected chi connectivity index (χ2v) is 5.29. The van der Waals surface area contributed by atoms with Gasteiger partial charge in [0, 0.05) is 13.6 Å². The van der Waals surface area contributed by atoms with Crippen LogP contribution in [0.1, 0.15) is 32.1 Å². The number of hydrogen-bond donors (Lipinski definition) is 1. The van der Waals surface area contributed by atoms with Crippen molar-refractivity contribution in [3.63, 3.8) is 0 Å². The maximum absolute atomic E-state index is 11.8. The third-order valence-corrected chi connectivity index (χ3v) is 3.61. The molecule has 0 unspecified atom stereocenters. The van der Waals surface area contributed by atoms with E-state index < -0.39 is 0 Å². The maximum atomic E-state index is 11.8. The van der Waals surface area contributed by atoms with Gasteiger partial charge in [-0.25, -0.2) is 0 Å². The molecule has 1 aliphatic heterocycles. The number of nitrogens with one attached hydrogen (secondary N) is 1. The Bertz CT molecular complexity index is 248. The largest absolute Gasteiger partial charge is 0.378 e. The normalized spacial score (nSPS) is 21.5. The van der Waals surface area contributed by atoms with Crippen LogP contribution in [-0.2, 0) is 9.53 Å². The Morgan fingerprint density at radius 2 is 2.00 bits per heavy atom. The molecule has 1 saturated carbocycles. The van der Waals surface area contributed by atoms with Crippen LogP contribution in [0.15, 0.2) is 0 Å². The zero-order chi connectivity index (χ0) is 12.1. The maximum Gasteiger partial charge on any atom is 0.224 e. The molecular formula is C13H24N2O2. The fourth-order valence-electron chi connectivity index (χ4n) is 2.26. The predicted molar refractivity (Wildman–Crippen MR) is 66.8 cm³/mol. The quantitative estimate of drug-likeness (QED) is 0.753. The predicted octanol–water partition coefficient (Wildman–Crippen LogP) is 1.01. The van der Waals surface area contributed by atoms with Gasteiger partial charge in [-0.15, -0.1) is 0 Å². The molecule has 1 saturated heterocycles. The second-order valence-electron chi connectivity index (χ2n) is 5.29. The zero-order valence-electron chi connectivity index (χ0n) is 10.8. The number of ether oxygens (including phenoxy) is 1. The van der Waals surface area contributed by atoms with E-state index in [9.17, 15) is 4.79 Å². The van der Waals surface area contributed by atoms with Gasteiger partial charge in [-0.2, -0.15) is 0 Å². The first-order chi connectivity index (χ1) is 8.25. The molecule has 0 radical (unpaired) electrons. The van der Waals surface area contributed by atoms with Crippen LogP contribution in [0.5, 0.6) is 0 Å². The Morgan fingerprint density at radius 1 is 1.29 bits per heavy atom. The van der Waals surface area contributed by atoms with Gasteiger partial charge in [-0.3, -0.25) is 4.79 Å². The van der Waals surface area contributed by atoms with E-state index >= 15 is 0 Å². The number of rotatable bonds is 6. The van der Waals surface area contributed by atoms with Crippen LogP contribution >= 0.6 is 0 Å². The number of amides is 1. The molecule has 0 aromatic rings. The van der Waals surface area contributed by atoms with Gasteiger partial charge < -0.3 is 15.0 Å². The van der Waals surface area contributed by atoms with Crippen molar-refractivity contribution >= 4 is 5.91 Å². The summed E-state index contributed by atoms with van der Waals surface area (Å²) < 4.78 is 5.74. The van der Waals surface area contributed by atoms with E-state index in [0.717, 1.165) is 38.4 Å². The van der Waals surface area contributed by atoms with E-state index in [4.69, 9.17) is 4.74 Å². The average Bonchev–Trinajstić information content (AvgIpc) is 3.14. The molecule has 1 N–H and O–H groups in total. The van der Waals surface area contributed by atoms with Gasteiger partial charge >= 0.3 is 0 Å². The standard InChI is InChI=1S/C13H24N2O2/c1-15(10-11-2-3-11)13(16)6-9-17-12-4-7-14-8-5-12/h11-12,14H,2-10H2,1H3. The molecule has 2 fully saturated rings. The summed E-state index contributed by atoms with van der Waals surface area (Å²) in [6, 6.07) is 0. The van der Waals surface area contributed by atoms with Crippen LogP contribution in [-0.4, -0.2) is 50.2 Å². The van der Waals surface area contributed by atoms with E-state index in [1.54, 1.807) is 0 Å². The van der Waals surface area contributed by atoms with Crippen LogP contribution < -0.4 is 5.32 Å². The molecule has 2 aliphatic rings. The molecule has 17 heavy (non-hydrogen) atoms. The number of carbonyl (C=O) groups excluding carboxylic acids is 1. The highest BCUT2D eigenvalue weighted by Gasteiger charge is 2.24.